The summed E-state index contributed by atoms with van der Waals surface area (Å²) >= 11 is 0. The van der Waals surface area contributed by atoms with Gasteiger partial charge in [0.1, 0.15) is 17.3 Å². The van der Waals surface area contributed by atoms with Crippen LogP contribution in [0.5, 0.6) is 0 Å². The van der Waals surface area contributed by atoms with Gasteiger partial charge in [-0.3, -0.25) is 0 Å². The predicted octanol–water partition coefficient (Wildman–Crippen LogP) is 2.91. The molecule has 0 N–H and O–H groups in total. The van der Waals surface area contributed by atoms with Crippen LogP contribution in [0.25, 0.3) is 16.9 Å². The van der Waals surface area contributed by atoms with Gasteiger partial charge in [0.15, 0.2) is 0 Å². The molecule has 0 amide bonds. The average molecular weight is 270 g/mol. The Balaban J connectivity index is 2.08. The molecule has 3 rings (SSSR count). The van der Waals surface area contributed by atoms with E-state index in [0.717, 1.165) is 28.3 Å². The molecule has 20 heavy (non-hydrogen) atoms. The number of halogens is 1. The van der Waals surface area contributed by atoms with E-state index in [4.69, 9.17) is 0 Å². The minimum absolute atomic E-state index is 0.264. The highest BCUT2D eigenvalue weighted by Crippen LogP contribution is 2.22. The lowest BCUT2D eigenvalue weighted by molar-refractivity contribution is 0.618. The molecule has 0 saturated heterocycles. The second-order valence-electron chi connectivity index (χ2n) is 5.00. The molecule has 0 atom stereocenters. The van der Waals surface area contributed by atoms with Crippen LogP contribution in [-0.4, -0.2) is 28.5 Å². The molecule has 0 aromatic carbocycles. The van der Waals surface area contributed by atoms with Gasteiger partial charge in [-0.2, -0.15) is 0 Å². The quantitative estimate of drug-likeness (QED) is 0.718. The van der Waals surface area contributed by atoms with Crippen molar-refractivity contribution in [2.45, 2.75) is 6.92 Å². The van der Waals surface area contributed by atoms with Crippen LogP contribution in [0.4, 0.5) is 10.2 Å². The molecule has 0 fully saturated rings. The number of nitrogens with zero attached hydrogens (tertiary/aromatic N) is 4. The third-order valence-corrected chi connectivity index (χ3v) is 3.20. The molecule has 4 nitrogen and oxygen atoms in total. The minimum atomic E-state index is -0.264. The fraction of sp³-hybridized carbons (Fsp3) is 0.200. The highest BCUT2D eigenvalue weighted by molar-refractivity contribution is 5.64. The zero-order valence-electron chi connectivity index (χ0n) is 11.6. The lowest BCUT2D eigenvalue weighted by Gasteiger charge is -2.10. The summed E-state index contributed by atoms with van der Waals surface area (Å²) in [5, 5.41) is 0. The summed E-state index contributed by atoms with van der Waals surface area (Å²) in [5.41, 5.74) is 3.28. The first-order chi connectivity index (χ1) is 9.54. The van der Waals surface area contributed by atoms with Gasteiger partial charge >= 0.3 is 0 Å². The number of hydrogen-bond donors (Lipinski definition) is 0. The maximum atomic E-state index is 13.4. The van der Waals surface area contributed by atoms with Crippen molar-refractivity contribution in [1.82, 2.24) is 14.4 Å². The van der Waals surface area contributed by atoms with Gasteiger partial charge in [0.25, 0.3) is 0 Å². The molecule has 0 aliphatic heterocycles. The van der Waals surface area contributed by atoms with Crippen LogP contribution >= 0.6 is 0 Å². The second kappa shape index (κ2) is 4.59. The SMILES string of the molecule is Cc1cc(F)cn2cc(-c3ccc(N(C)C)nc3)nc12. The molecule has 0 aliphatic carbocycles. The molecule has 0 bridgehead atoms. The van der Waals surface area contributed by atoms with Gasteiger partial charge in [-0.25, -0.2) is 14.4 Å². The summed E-state index contributed by atoms with van der Waals surface area (Å²) in [5.74, 6) is 0.625. The average Bonchev–Trinajstić information content (AvgIpc) is 2.83. The standard InChI is InChI=1S/C15H15FN4/c1-10-6-12(16)8-20-9-13(18-15(10)20)11-4-5-14(17-7-11)19(2)3/h4-9H,1-3H3. The number of pyridine rings is 2. The number of rotatable bonds is 2. The van der Waals surface area contributed by atoms with Crippen molar-refractivity contribution < 1.29 is 4.39 Å². The van der Waals surface area contributed by atoms with Crippen LogP contribution in [-0.2, 0) is 0 Å². The zero-order chi connectivity index (χ0) is 14.3. The highest BCUT2D eigenvalue weighted by atomic mass is 19.1. The number of fused-ring (bicyclic) bond motifs is 1. The van der Waals surface area contributed by atoms with Crippen molar-refractivity contribution in [3.8, 4) is 11.3 Å². The summed E-state index contributed by atoms with van der Waals surface area (Å²) in [7, 11) is 3.89. The van der Waals surface area contributed by atoms with Gasteiger partial charge in [-0.1, -0.05) is 0 Å². The van der Waals surface area contributed by atoms with Gasteiger partial charge in [-0.15, -0.1) is 0 Å². The maximum Gasteiger partial charge on any atom is 0.140 e. The van der Waals surface area contributed by atoms with E-state index in [1.165, 1.54) is 12.3 Å². The Hall–Kier alpha value is -2.43. The normalized spacial score (nSPS) is 11.0. The number of imidazole rings is 1. The first-order valence-corrected chi connectivity index (χ1v) is 6.33. The van der Waals surface area contributed by atoms with E-state index in [2.05, 4.69) is 9.97 Å². The predicted molar refractivity (Wildman–Crippen MR) is 77.4 cm³/mol. The highest BCUT2D eigenvalue weighted by Gasteiger charge is 2.08. The number of hydrogen-bond acceptors (Lipinski definition) is 3. The molecule has 0 unspecified atom stereocenters. The molecule has 5 heteroatoms. The smallest absolute Gasteiger partial charge is 0.140 e. The van der Waals surface area contributed by atoms with Crippen LogP contribution in [0.3, 0.4) is 0 Å². The van der Waals surface area contributed by atoms with Crippen LogP contribution in [0.1, 0.15) is 5.56 Å². The van der Waals surface area contributed by atoms with E-state index >= 15 is 0 Å². The molecular formula is C15H15FN4. The molecule has 3 heterocycles. The molecule has 102 valence electrons. The molecule has 0 aliphatic rings. The van der Waals surface area contributed by atoms with Gasteiger partial charge in [0.2, 0.25) is 0 Å². The largest absolute Gasteiger partial charge is 0.363 e. The molecule has 3 aromatic heterocycles. The lowest BCUT2D eigenvalue weighted by atomic mass is 10.2. The van der Waals surface area contributed by atoms with Crippen molar-refractivity contribution in [1.29, 1.82) is 0 Å². The fourth-order valence-corrected chi connectivity index (χ4v) is 2.17. The van der Waals surface area contributed by atoms with E-state index in [1.807, 2.05) is 44.2 Å². The van der Waals surface area contributed by atoms with E-state index in [0.29, 0.717) is 0 Å². The topological polar surface area (TPSA) is 33.4 Å². The molecule has 0 saturated carbocycles. The maximum absolute atomic E-state index is 13.4. The minimum Gasteiger partial charge on any atom is -0.363 e. The van der Waals surface area contributed by atoms with E-state index in [1.54, 1.807) is 10.6 Å². The number of aryl methyl sites for hydroxylation is 1. The Morgan fingerprint density at radius 3 is 2.65 bits per heavy atom. The Kier molecular flexibility index (Phi) is 2.89. The van der Waals surface area contributed by atoms with Gasteiger partial charge < -0.3 is 9.30 Å². The Bertz CT molecular complexity index is 759. The van der Waals surface area contributed by atoms with Crippen molar-refractivity contribution in [3.63, 3.8) is 0 Å². The van der Waals surface area contributed by atoms with Crippen molar-refractivity contribution in [2.24, 2.45) is 0 Å². The zero-order valence-corrected chi connectivity index (χ0v) is 11.6. The third-order valence-electron chi connectivity index (χ3n) is 3.20. The second-order valence-corrected chi connectivity index (χ2v) is 5.00. The van der Waals surface area contributed by atoms with E-state index in [-0.39, 0.29) is 5.82 Å². The molecule has 3 aromatic rings. The van der Waals surface area contributed by atoms with Crippen molar-refractivity contribution >= 4 is 11.5 Å². The first-order valence-electron chi connectivity index (χ1n) is 6.33. The number of aromatic nitrogens is 3. The summed E-state index contributed by atoms with van der Waals surface area (Å²) in [6, 6.07) is 5.39. The Morgan fingerprint density at radius 1 is 1.20 bits per heavy atom. The molecule has 0 spiro atoms. The lowest BCUT2D eigenvalue weighted by Crippen LogP contribution is -2.09. The number of anilines is 1. The third kappa shape index (κ3) is 2.11. The summed E-state index contributed by atoms with van der Waals surface area (Å²) in [4.78, 5) is 10.8. The van der Waals surface area contributed by atoms with E-state index in [9.17, 15) is 4.39 Å². The van der Waals surface area contributed by atoms with Crippen LogP contribution in [0, 0.1) is 12.7 Å². The van der Waals surface area contributed by atoms with Gasteiger partial charge in [0.05, 0.1) is 5.69 Å². The van der Waals surface area contributed by atoms with Crippen LogP contribution < -0.4 is 4.90 Å². The summed E-state index contributed by atoms with van der Waals surface area (Å²) < 4.78 is 15.1. The van der Waals surface area contributed by atoms with Crippen LogP contribution in [0.2, 0.25) is 0 Å². The molecular weight excluding hydrogens is 255 g/mol. The summed E-state index contributed by atoms with van der Waals surface area (Å²) in [6.07, 6.45) is 5.03. The van der Waals surface area contributed by atoms with E-state index < -0.39 is 0 Å². The fourth-order valence-electron chi connectivity index (χ4n) is 2.17. The molecule has 0 radical (unpaired) electrons. The monoisotopic (exact) mass is 270 g/mol. The van der Waals surface area contributed by atoms with Crippen molar-refractivity contribution in [3.05, 3.63) is 48.2 Å². The van der Waals surface area contributed by atoms with Crippen LogP contribution in [0.15, 0.2) is 36.8 Å². The summed E-state index contributed by atoms with van der Waals surface area (Å²) in [6.45, 7) is 1.85. The van der Waals surface area contributed by atoms with Gasteiger partial charge in [0, 0.05) is 38.2 Å². The van der Waals surface area contributed by atoms with Crippen molar-refractivity contribution in [2.75, 3.05) is 19.0 Å². The Labute approximate surface area is 116 Å². The van der Waals surface area contributed by atoms with Gasteiger partial charge in [-0.05, 0) is 30.7 Å². The Morgan fingerprint density at radius 2 is 2.00 bits per heavy atom. The first kappa shape index (κ1) is 12.6.